The molecule has 8 heteroatoms. The van der Waals surface area contributed by atoms with Crippen LogP contribution in [0.25, 0.3) is 38.4 Å². The van der Waals surface area contributed by atoms with Crippen molar-refractivity contribution in [1.82, 2.24) is 19.6 Å². The third-order valence-electron chi connectivity index (χ3n) is 5.63. The van der Waals surface area contributed by atoms with Crippen molar-refractivity contribution >= 4 is 38.2 Å². The first-order valence-electron chi connectivity index (χ1n) is 11.0. The normalized spacial score (nSPS) is 11.1. The van der Waals surface area contributed by atoms with Crippen molar-refractivity contribution in [1.29, 1.82) is 0 Å². The SMILES string of the molecule is COc1ccc(-c2cc(C(=O)Nc3nc4ccccc4s3)nc3cc(-c4ccccc4)nn23)cc1. The highest BCUT2D eigenvalue weighted by atomic mass is 32.1. The van der Waals surface area contributed by atoms with Gasteiger partial charge >= 0.3 is 0 Å². The van der Waals surface area contributed by atoms with E-state index in [1.165, 1.54) is 11.3 Å². The lowest BCUT2D eigenvalue weighted by Gasteiger charge is -2.09. The van der Waals surface area contributed by atoms with Crippen LogP contribution in [0.5, 0.6) is 5.75 Å². The Labute approximate surface area is 204 Å². The van der Waals surface area contributed by atoms with Gasteiger partial charge in [-0.05, 0) is 42.5 Å². The van der Waals surface area contributed by atoms with E-state index in [-0.39, 0.29) is 11.6 Å². The van der Waals surface area contributed by atoms with Gasteiger partial charge in [-0.15, -0.1) is 0 Å². The fraction of sp³-hybridized carbons (Fsp3) is 0.0370. The van der Waals surface area contributed by atoms with Gasteiger partial charge in [0.1, 0.15) is 11.4 Å². The second kappa shape index (κ2) is 8.66. The molecule has 0 saturated heterocycles. The van der Waals surface area contributed by atoms with Crippen molar-refractivity contribution in [3.05, 3.63) is 96.7 Å². The Balaban J connectivity index is 1.45. The number of hydrogen-bond acceptors (Lipinski definition) is 6. The molecular formula is C27H19N5O2S. The molecule has 0 bridgehead atoms. The van der Waals surface area contributed by atoms with Gasteiger partial charge in [-0.3, -0.25) is 10.1 Å². The lowest BCUT2D eigenvalue weighted by atomic mass is 10.1. The summed E-state index contributed by atoms with van der Waals surface area (Å²) in [5.41, 5.74) is 5.08. The van der Waals surface area contributed by atoms with Crippen LogP contribution in [0, 0.1) is 0 Å². The van der Waals surface area contributed by atoms with E-state index >= 15 is 0 Å². The minimum Gasteiger partial charge on any atom is -0.497 e. The number of benzene rings is 3. The molecule has 0 unspecified atom stereocenters. The summed E-state index contributed by atoms with van der Waals surface area (Å²) in [6.07, 6.45) is 0. The Morgan fingerprint density at radius 3 is 2.43 bits per heavy atom. The van der Waals surface area contributed by atoms with Crippen molar-refractivity contribution in [2.24, 2.45) is 0 Å². The number of para-hydroxylation sites is 1. The summed E-state index contributed by atoms with van der Waals surface area (Å²) in [4.78, 5) is 22.4. The zero-order valence-electron chi connectivity index (χ0n) is 18.7. The number of ether oxygens (including phenoxy) is 1. The molecule has 0 aliphatic heterocycles. The van der Waals surface area contributed by atoms with Gasteiger partial charge in [0.2, 0.25) is 0 Å². The Morgan fingerprint density at radius 1 is 0.886 bits per heavy atom. The Bertz CT molecular complexity index is 1640. The summed E-state index contributed by atoms with van der Waals surface area (Å²) in [6, 6.07) is 28.9. The maximum Gasteiger partial charge on any atom is 0.276 e. The van der Waals surface area contributed by atoms with Crippen molar-refractivity contribution in [2.75, 3.05) is 12.4 Å². The van der Waals surface area contributed by atoms with Gasteiger partial charge in [-0.25, -0.2) is 14.5 Å². The molecular weight excluding hydrogens is 458 g/mol. The Hall–Kier alpha value is -4.56. The van der Waals surface area contributed by atoms with Crippen LogP contribution in [0.3, 0.4) is 0 Å². The molecule has 170 valence electrons. The molecule has 0 aliphatic rings. The van der Waals surface area contributed by atoms with Gasteiger partial charge in [0.05, 0.1) is 28.7 Å². The predicted octanol–water partition coefficient (Wildman–Crippen LogP) is 5.93. The van der Waals surface area contributed by atoms with Crippen molar-refractivity contribution < 1.29 is 9.53 Å². The Kier molecular flexibility index (Phi) is 5.20. The number of nitrogens with one attached hydrogen (secondary N) is 1. The number of hydrogen-bond donors (Lipinski definition) is 1. The van der Waals surface area contributed by atoms with E-state index in [1.54, 1.807) is 17.7 Å². The van der Waals surface area contributed by atoms with Crippen LogP contribution in [0.4, 0.5) is 5.13 Å². The number of carbonyl (C=O) groups excluding carboxylic acids is 1. The topological polar surface area (TPSA) is 81.4 Å². The van der Waals surface area contributed by atoms with Crippen LogP contribution in [0.15, 0.2) is 91.0 Å². The minimum atomic E-state index is -0.330. The van der Waals surface area contributed by atoms with Crippen molar-refractivity contribution in [2.45, 2.75) is 0 Å². The smallest absolute Gasteiger partial charge is 0.276 e. The quantitative estimate of drug-likeness (QED) is 0.333. The van der Waals surface area contributed by atoms with Gasteiger partial charge in [0.25, 0.3) is 5.91 Å². The molecule has 0 atom stereocenters. The minimum absolute atomic E-state index is 0.280. The molecule has 6 rings (SSSR count). The first kappa shape index (κ1) is 21.0. The predicted molar refractivity (Wildman–Crippen MR) is 138 cm³/mol. The van der Waals surface area contributed by atoms with Crippen LogP contribution in [0.2, 0.25) is 0 Å². The van der Waals surface area contributed by atoms with Gasteiger partial charge in [0.15, 0.2) is 10.8 Å². The van der Waals surface area contributed by atoms with Crippen molar-refractivity contribution in [3.8, 4) is 28.3 Å². The van der Waals surface area contributed by atoms with Crippen LogP contribution in [-0.2, 0) is 0 Å². The highest BCUT2D eigenvalue weighted by Gasteiger charge is 2.18. The molecule has 3 aromatic heterocycles. The first-order valence-corrected chi connectivity index (χ1v) is 11.8. The highest BCUT2D eigenvalue weighted by Crippen LogP contribution is 2.28. The molecule has 3 heterocycles. The van der Waals surface area contributed by atoms with Crippen LogP contribution >= 0.6 is 11.3 Å². The van der Waals surface area contributed by atoms with E-state index in [4.69, 9.17) is 9.84 Å². The molecule has 35 heavy (non-hydrogen) atoms. The number of anilines is 1. The van der Waals surface area contributed by atoms with Crippen LogP contribution in [-0.4, -0.2) is 32.6 Å². The van der Waals surface area contributed by atoms with E-state index < -0.39 is 0 Å². The third-order valence-corrected chi connectivity index (χ3v) is 6.58. The third kappa shape index (κ3) is 4.00. The van der Waals surface area contributed by atoms with E-state index in [0.29, 0.717) is 10.8 Å². The van der Waals surface area contributed by atoms with E-state index in [0.717, 1.165) is 38.5 Å². The zero-order valence-corrected chi connectivity index (χ0v) is 19.5. The van der Waals surface area contributed by atoms with Gasteiger partial charge < -0.3 is 4.74 Å². The van der Waals surface area contributed by atoms with Gasteiger partial charge in [0, 0.05) is 17.2 Å². The average Bonchev–Trinajstić information content (AvgIpc) is 3.52. The highest BCUT2D eigenvalue weighted by molar-refractivity contribution is 7.22. The van der Waals surface area contributed by atoms with E-state index in [9.17, 15) is 4.79 Å². The van der Waals surface area contributed by atoms with E-state index in [2.05, 4.69) is 15.3 Å². The fourth-order valence-corrected chi connectivity index (χ4v) is 4.76. The molecule has 0 fully saturated rings. The molecule has 0 spiro atoms. The number of thiazole rings is 1. The van der Waals surface area contributed by atoms with Crippen LogP contribution in [0.1, 0.15) is 10.5 Å². The summed E-state index contributed by atoms with van der Waals surface area (Å²) in [5.74, 6) is 0.419. The zero-order chi connectivity index (χ0) is 23.8. The number of fused-ring (bicyclic) bond motifs is 2. The molecule has 0 radical (unpaired) electrons. The maximum atomic E-state index is 13.2. The fourth-order valence-electron chi connectivity index (χ4n) is 3.90. The van der Waals surface area contributed by atoms with E-state index in [1.807, 2.05) is 84.9 Å². The number of methoxy groups -OCH3 is 1. The molecule has 1 amide bonds. The summed E-state index contributed by atoms with van der Waals surface area (Å²) in [6.45, 7) is 0. The van der Waals surface area contributed by atoms with Gasteiger partial charge in [-0.1, -0.05) is 53.8 Å². The maximum absolute atomic E-state index is 13.2. The lowest BCUT2D eigenvalue weighted by Crippen LogP contribution is -2.15. The average molecular weight is 478 g/mol. The summed E-state index contributed by atoms with van der Waals surface area (Å²) >= 11 is 1.43. The van der Waals surface area contributed by atoms with Crippen molar-refractivity contribution in [3.63, 3.8) is 0 Å². The number of rotatable bonds is 5. The number of carbonyl (C=O) groups is 1. The first-order chi connectivity index (χ1) is 17.2. The lowest BCUT2D eigenvalue weighted by molar-refractivity contribution is 0.102. The summed E-state index contributed by atoms with van der Waals surface area (Å²) in [5, 5.41) is 8.23. The van der Waals surface area contributed by atoms with Crippen LogP contribution < -0.4 is 10.1 Å². The second-order valence-corrected chi connectivity index (χ2v) is 8.89. The summed E-state index contributed by atoms with van der Waals surface area (Å²) in [7, 11) is 1.63. The standard InChI is InChI=1S/C27H19N5O2S/c1-34-19-13-11-18(12-14-19)23-15-22(26(33)30-27-29-20-9-5-6-10-24(20)35-27)28-25-16-21(31-32(23)25)17-7-3-2-4-8-17/h2-16H,1H3,(H,29,30,33). The van der Waals surface area contributed by atoms with Gasteiger partial charge in [-0.2, -0.15) is 5.10 Å². The molecule has 0 saturated carbocycles. The second-order valence-electron chi connectivity index (χ2n) is 7.86. The Morgan fingerprint density at radius 2 is 1.66 bits per heavy atom. The molecule has 1 N–H and O–H groups in total. The molecule has 3 aromatic carbocycles. The molecule has 6 aromatic rings. The number of aromatic nitrogens is 4. The summed E-state index contributed by atoms with van der Waals surface area (Å²) < 4.78 is 8.07. The molecule has 0 aliphatic carbocycles. The number of amides is 1. The monoisotopic (exact) mass is 477 g/mol. The molecule has 7 nitrogen and oxygen atoms in total. The largest absolute Gasteiger partial charge is 0.497 e. The number of nitrogens with zero attached hydrogens (tertiary/aromatic N) is 4.